The van der Waals surface area contributed by atoms with Crippen LogP contribution in [-0.2, 0) is 4.74 Å². The Labute approximate surface area is 92.6 Å². The van der Waals surface area contributed by atoms with Gasteiger partial charge in [-0.2, -0.15) is 0 Å². The first kappa shape index (κ1) is 12.3. The number of rotatable bonds is 4. The van der Waals surface area contributed by atoms with Gasteiger partial charge in [0.1, 0.15) is 0 Å². The quantitative estimate of drug-likeness (QED) is 0.674. The van der Waals surface area contributed by atoms with Crippen molar-refractivity contribution in [2.24, 2.45) is 0 Å². The SMILES string of the molecule is CCCCN1CC(CCl)OC(C)(C)C1. The predicted molar refractivity (Wildman–Crippen MR) is 61.0 cm³/mol. The third kappa shape index (κ3) is 3.76. The highest BCUT2D eigenvalue weighted by molar-refractivity contribution is 6.18. The third-order valence-corrected chi connectivity index (χ3v) is 2.90. The number of alkyl halides is 1. The van der Waals surface area contributed by atoms with Crippen molar-refractivity contribution >= 4 is 11.6 Å². The minimum Gasteiger partial charge on any atom is -0.368 e. The summed E-state index contributed by atoms with van der Waals surface area (Å²) >= 11 is 5.86. The Balaban J connectivity index is 2.43. The Morgan fingerprint density at radius 3 is 2.79 bits per heavy atom. The molecule has 0 amide bonds. The van der Waals surface area contributed by atoms with Crippen molar-refractivity contribution in [2.75, 3.05) is 25.5 Å². The Kier molecular flexibility index (Phi) is 4.68. The molecule has 1 rings (SSSR count). The maximum atomic E-state index is 5.86. The van der Waals surface area contributed by atoms with E-state index in [2.05, 4.69) is 25.7 Å². The van der Waals surface area contributed by atoms with Gasteiger partial charge >= 0.3 is 0 Å². The largest absolute Gasteiger partial charge is 0.368 e. The summed E-state index contributed by atoms with van der Waals surface area (Å²) in [5, 5.41) is 0. The second kappa shape index (κ2) is 5.34. The van der Waals surface area contributed by atoms with Crippen LogP contribution in [0.1, 0.15) is 33.6 Å². The second-order valence-corrected chi connectivity index (χ2v) is 5.05. The number of halogens is 1. The zero-order valence-electron chi connectivity index (χ0n) is 9.55. The van der Waals surface area contributed by atoms with E-state index in [0.29, 0.717) is 5.88 Å². The van der Waals surface area contributed by atoms with Crippen LogP contribution in [0, 0.1) is 0 Å². The lowest BCUT2D eigenvalue weighted by atomic mass is 10.1. The molecule has 0 saturated carbocycles. The standard InChI is InChI=1S/C11H22ClNO/c1-4-5-6-13-8-10(7-12)14-11(2,3)9-13/h10H,4-9H2,1-3H3. The topological polar surface area (TPSA) is 12.5 Å². The van der Waals surface area contributed by atoms with E-state index in [4.69, 9.17) is 16.3 Å². The van der Waals surface area contributed by atoms with E-state index in [0.717, 1.165) is 13.1 Å². The van der Waals surface area contributed by atoms with Crippen molar-refractivity contribution in [1.29, 1.82) is 0 Å². The molecule has 2 nitrogen and oxygen atoms in total. The molecule has 0 radical (unpaired) electrons. The van der Waals surface area contributed by atoms with Gasteiger partial charge in [0.05, 0.1) is 11.7 Å². The smallest absolute Gasteiger partial charge is 0.0844 e. The van der Waals surface area contributed by atoms with E-state index in [1.165, 1.54) is 19.4 Å². The predicted octanol–water partition coefficient (Wildman–Crippen LogP) is 2.50. The summed E-state index contributed by atoms with van der Waals surface area (Å²) in [4.78, 5) is 2.47. The number of hydrogen-bond donors (Lipinski definition) is 0. The molecule has 14 heavy (non-hydrogen) atoms. The van der Waals surface area contributed by atoms with Crippen LogP contribution in [0.2, 0.25) is 0 Å². The summed E-state index contributed by atoms with van der Waals surface area (Å²) in [6, 6.07) is 0. The number of hydrogen-bond acceptors (Lipinski definition) is 2. The van der Waals surface area contributed by atoms with Crippen molar-refractivity contribution in [3.05, 3.63) is 0 Å². The summed E-state index contributed by atoms with van der Waals surface area (Å²) in [6.07, 6.45) is 2.73. The Hall–Kier alpha value is 0.210. The van der Waals surface area contributed by atoms with Crippen LogP contribution in [0.15, 0.2) is 0 Å². The maximum absolute atomic E-state index is 5.86. The zero-order valence-corrected chi connectivity index (χ0v) is 10.3. The molecule has 1 heterocycles. The Morgan fingerprint density at radius 1 is 1.50 bits per heavy atom. The van der Waals surface area contributed by atoms with Gasteiger partial charge in [-0.05, 0) is 26.8 Å². The van der Waals surface area contributed by atoms with Crippen LogP contribution < -0.4 is 0 Å². The fourth-order valence-corrected chi connectivity index (χ4v) is 2.21. The van der Waals surface area contributed by atoms with E-state index < -0.39 is 0 Å². The molecule has 1 unspecified atom stereocenters. The third-order valence-electron chi connectivity index (χ3n) is 2.55. The van der Waals surface area contributed by atoms with Crippen molar-refractivity contribution in [2.45, 2.75) is 45.3 Å². The highest BCUT2D eigenvalue weighted by atomic mass is 35.5. The fourth-order valence-electron chi connectivity index (χ4n) is 2.05. The minimum absolute atomic E-state index is 0.0362. The molecule has 3 heteroatoms. The van der Waals surface area contributed by atoms with Crippen LogP contribution in [0.3, 0.4) is 0 Å². The number of ether oxygens (including phenoxy) is 1. The molecule has 1 fully saturated rings. The zero-order chi connectivity index (χ0) is 10.6. The van der Waals surface area contributed by atoms with Crippen LogP contribution in [0.4, 0.5) is 0 Å². The Morgan fingerprint density at radius 2 is 2.21 bits per heavy atom. The summed E-state index contributed by atoms with van der Waals surface area (Å²) in [5.41, 5.74) is -0.0362. The Bertz CT molecular complexity index is 173. The van der Waals surface area contributed by atoms with Crippen LogP contribution in [0.5, 0.6) is 0 Å². The van der Waals surface area contributed by atoms with Gasteiger partial charge in [0, 0.05) is 19.0 Å². The van der Waals surface area contributed by atoms with Gasteiger partial charge in [-0.15, -0.1) is 11.6 Å². The number of unbranched alkanes of at least 4 members (excludes halogenated alkanes) is 1. The first-order chi connectivity index (χ1) is 6.57. The first-order valence-corrected chi connectivity index (χ1v) is 6.07. The van der Waals surface area contributed by atoms with Crippen molar-refractivity contribution in [3.8, 4) is 0 Å². The van der Waals surface area contributed by atoms with Crippen molar-refractivity contribution in [1.82, 2.24) is 4.90 Å². The van der Waals surface area contributed by atoms with Gasteiger partial charge in [0.15, 0.2) is 0 Å². The number of morpholine rings is 1. The maximum Gasteiger partial charge on any atom is 0.0844 e. The fraction of sp³-hybridized carbons (Fsp3) is 1.00. The lowest BCUT2D eigenvalue weighted by Gasteiger charge is -2.42. The van der Waals surface area contributed by atoms with Gasteiger partial charge < -0.3 is 4.74 Å². The average Bonchev–Trinajstić information content (AvgIpc) is 2.12. The molecule has 0 bridgehead atoms. The van der Waals surface area contributed by atoms with Gasteiger partial charge in [-0.1, -0.05) is 13.3 Å². The van der Waals surface area contributed by atoms with Crippen LogP contribution >= 0.6 is 11.6 Å². The molecule has 0 aliphatic carbocycles. The van der Waals surface area contributed by atoms with E-state index in [9.17, 15) is 0 Å². The van der Waals surface area contributed by atoms with E-state index in [-0.39, 0.29) is 11.7 Å². The molecule has 0 N–H and O–H groups in total. The van der Waals surface area contributed by atoms with E-state index in [1.54, 1.807) is 0 Å². The second-order valence-electron chi connectivity index (χ2n) is 4.74. The number of nitrogens with zero attached hydrogens (tertiary/aromatic N) is 1. The average molecular weight is 220 g/mol. The monoisotopic (exact) mass is 219 g/mol. The molecule has 0 aromatic rings. The lowest BCUT2D eigenvalue weighted by molar-refractivity contribution is -0.127. The molecule has 0 aromatic carbocycles. The van der Waals surface area contributed by atoms with Crippen molar-refractivity contribution in [3.63, 3.8) is 0 Å². The highest BCUT2D eigenvalue weighted by Gasteiger charge is 2.32. The van der Waals surface area contributed by atoms with E-state index in [1.807, 2.05) is 0 Å². The molecule has 1 aliphatic heterocycles. The summed E-state index contributed by atoms with van der Waals surface area (Å²) in [6.45, 7) is 9.71. The van der Waals surface area contributed by atoms with Gasteiger partial charge in [-0.3, -0.25) is 4.90 Å². The molecule has 1 atom stereocenters. The van der Waals surface area contributed by atoms with Crippen molar-refractivity contribution < 1.29 is 4.74 Å². The van der Waals surface area contributed by atoms with Gasteiger partial charge in [0.2, 0.25) is 0 Å². The van der Waals surface area contributed by atoms with Gasteiger partial charge in [-0.25, -0.2) is 0 Å². The summed E-state index contributed by atoms with van der Waals surface area (Å²) in [7, 11) is 0. The summed E-state index contributed by atoms with van der Waals surface area (Å²) in [5.74, 6) is 0.603. The van der Waals surface area contributed by atoms with E-state index >= 15 is 0 Å². The first-order valence-electron chi connectivity index (χ1n) is 5.53. The molecule has 84 valence electrons. The molecule has 0 spiro atoms. The molecular weight excluding hydrogens is 198 g/mol. The minimum atomic E-state index is -0.0362. The van der Waals surface area contributed by atoms with Gasteiger partial charge in [0.25, 0.3) is 0 Å². The molecule has 1 aliphatic rings. The van der Waals surface area contributed by atoms with Crippen LogP contribution in [0.25, 0.3) is 0 Å². The summed E-state index contributed by atoms with van der Waals surface area (Å²) < 4.78 is 5.86. The molecule has 1 saturated heterocycles. The lowest BCUT2D eigenvalue weighted by Crippen LogP contribution is -2.53. The molecular formula is C11H22ClNO. The highest BCUT2D eigenvalue weighted by Crippen LogP contribution is 2.21. The van der Waals surface area contributed by atoms with Crippen LogP contribution in [-0.4, -0.2) is 42.1 Å². The normalized spacial score (nSPS) is 27.9. The molecule has 0 aromatic heterocycles.